The maximum Gasteiger partial charge on any atom is -0.0292 e. The molecular formula is C14H26. The first-order valence-electron chi connectivity index (χ1n) is 6.53. The Hall–Kier alpha value is 0. The molecule has 0 aromatic heterocycles. The molecule has 2 aliphatic rings. The predicted molar refractivity (Wildman–Crippen MR) is 62.2 cm³/mol. The van der Waals surface area contributed by atoms with Crippen molar-refractivity contribution in [3.8, 4) is 0 Å². The molecule has 82 valence electrons. The van der Waals surface area contributed by atoms with Crippen molar-refractivity contribution in [3.63, 3.8) is 0 Å². The predicted octanol–water partition coefficient (Wildman–Crippen LogP) is 4.49. The lowest BCUT2D eigenvalue weighted by Crippen LogP contribution is -2.43. The molecule has 2 aliphatic carbocycles. The van der Waals surface area contributed by atoms with Crippen LogP contribution in [0.2, 0.25) is 0 Å². The average Bonchev–Trinajstić information content (AvgIpc) is 2.12. The van der Waals surface area contributed by atoms with Crippen molar-refractivity contribution in [2.24, 2.45) is 29.1 Å². The number of hydrogen-bond donors (Lipinski definition) is 0. The molecule has 0 aliphatic heterocycles. The summed E-state index contributed by atoms with van der Waals surface area (Å²) in [5.41, 5.74) is 0.698. The van der Waals surface area contributed by atoms with Gasteiger partial charge in [0.25, 0.3) is 0 Å². The van der Waals surface area contributed by atoms with E-state index in [2.05, 4.69) is 27.7 Å². The Morgan fingerprint density at radius 3 is 2.43 bits per heavy atom. The summed E-state index contributed by atoms with van der Waals surface area (Å²) in [5.74, 6) is 3.96. The first-order valence-corrected chi connectivity index (χ1v) is 6.53. The van der Waals surface area contributed by atoms with E-state index in [9.17, 15) is 0 Å². The fraction of sp³-hybridized carbons (Fsp3) is 1.00. The molecule has 0 aromatic carbocycles. The minimum Gasteiger partial charge on any atom is -0.0625 e. The highest BCUT2D eigenvalue weighted by Gasteiger charge is 2.45. The van der Waals surface area contributed by atoms with Gasteiger partial charge in [-0.2, -0.15) is 0 Å². The van der Waals surface area contributed by atoms with Crippen LogP contribution in [0.15, 0.2) is 0 Å². The highest BCUT2D eigenvalue weighted by Crippen LogP contribution is 2.55. The Kier molecular flexibility index (Phi) is 2.66. The summed E-state index contributed by atoms with van der Waals surface area (Å²) in [6, 6.07) is 0. The molecule has 0 nitrogen and oxygen atoms in total. The molecule has 0 bridgehead atoms. The van der Waals surface area contributed by atoms with Gasteiger partial charge in [0, 0.05) is 0 Å². The van der Waals surface area contributed by atoms with Crippen LogP contribution in [0.1, 0.15) is 59.8 Å². The van der Waals surface area contributed by atoms with Gasteiger partial charge < -0.3 is 0 Å². The summed E-state index contributed by atoms with van der Waals surface area (Å²) in [6.45, 7) is 9.98. The van der Waals surface area contributed by atoms with Gasteiger partial charge in [-0.15, -0.1) is 0 Å². The van der Waals surface area contributed by atoms with Crippen LogP contribution in [0.3, 0.4) is 0 Å². The lowest BCUT2D eigenvalue weighted by atomic mass is 9.53. The minimum atomic E-state index is 0.698. The lowest BCUT2D eigenvalue weighted by molar-refractivity contribution is -0.0227. The van der Waals surface area contributed by atoms with Crippen molar-refractivity contribution in [3.05, 3.63) is 0 Å². The third kappa shape index (κ3) is 1.61. The maximum absolute atomic E-state index is 2.57. The van der Waals surface area contributed by atoms with Gasteiger partial charge in [-0.1, -0.05) is 34.1 Å². The van der Waals surface area contributed by atoms with E-state index in [4.69, 9.17) is 0 Å². The molecule has 0 saturated heterocycles. The lowest BCUT2D eigenvalue weighted by Gasteiger charge is -2.52. The van der Waals surface area contributed by atoms with E-state index in [0.29, 0.717) is 5.41 Å². The van der Waals surface area contributed by atoms with Crippen molar-refractivity contribution in [1.82, 2.24) is 0 Å². The zero-order valence-corrected chi connectivity index (χ0v) is 10.3. The molecule has 0 amide bonds. The standard InChI is InChI=1S/C14H26/c1-10-5-6-13-12(3)11(2)7-8-14(13,4)9-10/h10-13H,5-9H2,1-4H3. The average molecular weight is 194 g/mol. The van der Waals surface area contributed by atoms with Gasteiger partial charge >= 0.3 is 0 Å². The van der Waals surface area contributed by atoms with Gasteiger partial charge in [0.05, 0.1) is 0 Å². The van der Waals surface area contributed by atoms with Gasteiger partial charge in [0.1, 0.15) is 0 Å². The van der Waals surface area contributed by atoms with Crippen LogP contribution in [-0.4, -0.2) is 0 Å². The monoisotopic (exact) mass is 194 g/mol. The van der Waals surface area contributed by atoms with Crippen LogP contribution in [0.25, 0.3) is 0 Å². The van der Waals surface area contributed by atoms with Crippen LogP contribution < -0.4 is 0 Å². The molecule has 2 saturated carbocycles. The Labute approximate surface area is 89.5 Å². The largest absolute Gasteiger partial charge is 0.0625 e. The highest BCUT2D eigenvalue weighted by molar-refractivity contribution is 4.95. The number of rotatable bonds is 0. The van der Waals surface area contributed by atoms with Crippen molar-refractivity contribution in [1.29, 1.82) is 0 Å². The zero-order chi connectivity index (χ0) is 10.3. The molecule has 14 heavy (non-hydrogen) atoms. The molecule has 5 unspecified atom stereocenters. The molecule has 0 N–H and O–H groups in total. The van der Waals surface area contributed by atoms with Gasteiger partial charge in [0.2, 0.25) is 0 Å². The fourth-order valence-corrected chi connectivity index (χ4v) is 4.26. The highest BCUT2D eigenvalue weighted by atomic mass is 14.5. The van der Waals surface area contributed by atoms with E-state index in [1.54, 1.807) is 0 Å². The first-order chi connectivity index (χ1) is 6.53. The summed E-state index contributed by atoms with van der Waals surface area (Å²) >= 11 is 0. The molecule has 2 fully saturated rings. The van der Waals surface area contributed by atoms with Crippen molar-refractivity contribution >= 4 is 0 Å². The summed E-state index contributed by atoms with van der Waals surface area (Å²) < 4.78 is 0. The number of fused-ring (bicyclic) bond motifs is 1. The van der Waals surface area contributed by atoms with Gasteiger partial charge in [-0.25, -0.2) is 0 Å². The molecule has 5 atom stereocenters. The summed E-state index contributed by atoms with van der Waals surface area (Å²) in [6.07, 6.45) is 7.45. The second-order valence-electron chi connectivity index (χ2n) is 6.52. The smallest absolute Gasteiger partial charge is 0.0292 e. The maximum atomic E-state index is 2.57. The van der Waals surface area contributed by atoms with Gasteiger partial charge in [-0.3, -0.25) is 0 Å². The molecule has 0 aromatic rings. The normalized spacial score (nSPS) is 54.0. The Morgan fingerprint density at radius 1 is 1.00 bits per heavy atom. The van der Waals surface area contributed by atoms with E-state index in [1.165, 1.54) is 32.1 Å². The third-order valence-electron chi connectivity index (χ3n) is 5.38. The molecule has 2 rings (SSSR count). The van der Waals surface area contributed by atoms with Crippen LogP contribution in [0.4, 0.5) is 0 Å². The van der Waals surface area contributed by atoms with Crippen LogP contribution in [-0.2, 0) is 0 Å². The van der Waals surface area contributed by atoms with Crippen LogP contribution >= 0.6 is 0 Å². The molecule has 0 heteroatoms. The topological polar surface area (TPSA) is 0 Å². The molecule has 0 radical (unpaired) electrons. The van der Waals surface area contributed by atoms with Crippen molar-refractivity contribution in [2.75, 3.05) is 0 Å². The second kappa shape index (κ2) is 3.54. The quantitative estimate of drug-likeness (QED) is 0.533. The molecule has 0 heterocycles. The van der Waals surface area contributed by atoms with Gasteiger partial charge in [0.15, 0.2) is 0 Å². The summed E-state index contributed by atoms with van der Waals surface area (Å²) in [7, 11) is 0. The van der Waals surface area contributed by atoms with Gasteiger partial charge in [-0.05, 0) is 54.8 Å². The second-order valence-corrected chi connectivity index (χ2v) is 6.52. The zero-order valence-electron chi connectivity index (χ0n) is 10.3. The minimum absolute atomic E-state index is 0.698. The Balaban J connectivity index is 2.15. The van der Waals surface area contributed by atoms with Crippen molar-refractivity contribution in [2.45, 2.75) is 59.8 Å². The summed E-state index contributed by atoms with van der Waals surface area (Å²) in [4.78, 5) is 0. The van der Waals surface area contributed by atoms with Crippen LogP contribution in [0, 0.1) is 29.1 Å². The first kappa shape index (κ1) is 10.5. The van der Waals surface area contributed by atoms with Crippen molar-refractivity contribution < 1.29 is 0 Å². The van der Waals surface area contributed by atoms with E-state index in [-0.39, 0.29) is 0 Å². The molecule has 0 spiro atoms. The van der Waals surface area contributed by atoms with E-state index in [0.717, 1.165) is 23.7 Å². The van der Waals surface area contributed by atoms with E-state index in [1.807, 2.05) is 0 Å². The fourth-order valence-electron chi connectivity index (χ4n) is 4.26. The number of hydrogen-bond acceptors (Lipinski definition) is 0. The SMILES string of the molecule is CC1CCC2C(C)C(C)CCC2(C)C1. The Morgan fingerprint density at radius 2 is 1.71 bits per heavy atom. The third-order valence-corrected chi connectivity index (χ3v) is 5.38. The summed E-state index contributed by atoms with van der Waals surface area (Å²) in [5, 5.41) is 0. The van der Waals surface area contributed by atoms with E-state index < -0.39 is 0 Å². The van der Waals surface area contributed by atoms with Crippen LogP contribution in [0.5, 0.6) is 0 Å². The van der Waals surface area contributed by atoms with E-state index >= 15 is 0 Å². The Bertz CT molecular complexity index is 208. The molecular weight excluding hydrogens is 168 g/mol.